The molecule has 0 saturated carbocycles. The molecule has 1 aromatic rings. The van der Waals surface area contributed by atoms with E-state index >= 15 is 0 Å². The van der Waals surface area contributed by atoms with Gasteiger partial charge in [0.05, 0.1) is 4.90 Å². The number of benzene rings is 1. The molecule has 0 heterocycles. The number of hydrogen-bond acceptors (Lipinski definition) is 4. The van der Waals surface area contributed by atoms with Gasteiger partial charge in [0.25, 0.3) is 0 Å². The van der Waals surface area contributed by atoms with E-state index < -0.39 is 28.6 Å². The lowest BCUT2D eigenvalue weighted by molar-refractivity contribution is -0.119. The van der Waals surface area contributed by atoms with Crippen molar-refractivity contribution in [3.63, 3.8) is 0 Å². The van der Waals surface area contributed by atoms with Crippen LogP contribution in [-0.4, -0.2) is 28.4 Å². The maximum absolute atomic E-state index is 11.8. The minimum atomic E-state index is -1.59. The summed E-state index contributed by atoms with van der Waals surface area (Å²) >= 11 is 0. The Hall–Kier alpha value is -1.89. The highest BCUT2D eigenvalue weighted by Gasteiger charge is 2.16. The minimum absolute atomic E-state index is 0.0256. The van der Waals surface area contributed by atoms with E-state index in [4.69, 9.17) is 4.74 Å². The SMILES string of the molecule is CC(C)(C)OC(=O)NCCC(=O)NS(=O)c1ccccc1. The average Bonchev–Trinajstić information content (AvgIpc) is 2.37. The highest BCUT2D eigenvalue weighted by molar-refractivity contribution is 7.83. The van der Waals surface area contributed by atoms with Gasteiger partial charge in [-0.2, -0.15) is 0 Å². The van der Waals surface area contributed by atoms with Gasteiger partial charge in [0.15, 0.2) is 11.0 Å². The highest BCUT2D eigenvalue weighted by Crippen LogP contribution is 2.06. The first-order chi connectivity index (χ1) is 9.78. The number of carbonyl (C=O) groups is 2. The summed E-state index contributed by atoms with van der Waals surface area (Å²) in [5.74, 6) is -0.409. The van der Waals surface area contributed by atoms with E-state index in [-0.39, 0.29) is 13.0 Å². The molecule has 6 nitrogen and oxygen atoms in total. The molecule has 0 aromatic heterocycles. The predicted octanol–water partition coefficient (Wildman–Crippen LogP) is 1.74. The maximum atomic E-state index is 11.8. The summed E-state index contributed by atoms with van der Waals surface area (Å²) in [6.07, 6.45) is -0.558. The molecule has 1 aromatic carbocycles. The van der Waals surface area contributed by atoms with Crippen molar-refractivity contribution in [2.75, 3.05) is 6.54 Å². The van der Waals surface area contributed by atoms with Crippen molar-refractivity contribution in [3.05, 3.63) is 30.3 Å². The van der Waals surface area contributed by atoms with Crippen molar-refractivity contribution < 1.29 is 18.5 Å². The fourth-order valence-corrected chi connectivity index (χ4v) is 2.18. The molecule has 0 fully saturated rings. The number of hydrogen-bond donors (Lipinski definition) is 2. The Balaban J connectivity index is 2.29. The molecule has 21 heavy (non-hydrogen) atoms. The Morgan fingerprint density at radius 1 is 1.19 bits per heavy atom. The van der Waals surface area contributed by atoms with Crippen molar-refractivity contribution in [2.24, 2.45) is 0 Å². The molecule has 116 valence electrons. The lowest BCUT2D eigenvalue weighted by atomic mass is 10.2. The van der Waals surface area contributed by atoms with Crippen LogP contribution < -0.4 is 10.0 Å². The second kappa shape index (κ2) is 7.78. The van der Waals surface area contributed by atoms with E-state index in [0.717, 1.165) is 0 Å². The van der Waals surface area contributed by atoms with Crippen LogP contribution in [0.3, 0.4) is 0 Å². The highest BCUT2D eigenvalue weighted by atomic mass is 32.2. The van der Waals surface area contributed by atoms with Crippen LogP contribution in [0.25, 0.3) is 0 Å². The lowest BCUT2D eigenvalue weighted by Crippen LogP contribution is -2.35. The first-order valence-electron chi connectivity index (χ1n) is 6.51. The third-order valence-corrected chi connectivity index (χ3v) is 3.30. The quantitative estimate of drug-likeness (QED) is 0.867. The van der Waals surface area contributed by atoms with Crippen LogP contribution in [0.5, 0.6) is 0 Å². The molecule has 1 unspecified atom stereocenters. The Morgan fingerprint density at radius 3 is 2.38 bits per heavy atom. The monoisotopic (exact) mass is 312 g/mol. The molecule has 2 amide bonds. The van der Waals surface area contributed by atoms with Gasteiger partial charge >= 0.3 is 6.09 Å². The molecule has 0 bridgehead atoms. The molecular weight excluding hydrogens is 292 g/mol. The van der Waals surface area contributed by atoms with Gasteiger partial charge in [-0.25, -0.2) is 9.00 Å². The van der Waals surface area contributed by atoms with Gasteiger partial charge in [-0.1, -0.05) is 18.2 Å². The van der Waals surface area contributed by atoms with Crippen LogP contribution in [0.2, 0.25) is 0 Å². The van der Waals surface area contributed by atoms with Gasteiger partial charge in [0.1, 0.15) is 5.60 Å². The number of nitrogens with one attached hydrogen (secondary N) is 2. The summed E-state index contributed by atoms with van der Waals surface area (Å²) in [5, 5.41) is 2.46. The number of carbonyl (C=O) groups excluding carboxylic acids is 2. The maximum Gasteiger partial charge on any atom is 0.407 e. The van der Waals surface area contributed by atoms with E-state index in [0.29, 0.717) is 4.90 Å². The average molecular weight is 312 g/mol. The number of amides is 2. The summed E-state index contributed by atoms with van der Waals surface area (Å²) in [6, 6.07) is 8.60. The molecule has 0 spiro atoms. The van der Waals surface area contributed by atoms with E-state index in [1.54, 1.807) is 51.1 Å². The number of alkyl carbamates (subject to hydrolysis) is 1. The summed E-state index contributed by atoms with van der Waals surface area (Å²) in [5.41, 5.74) is -0.582. The van der Waals surface area contributed by atoms with Crippen LogP contribution in [0, 0.1) is 0 Å². The zero-order chi connectivity index (χ0) is 15.9. The Bertz CT molecular complexity index is 511. The smallest absolute Gasteiger partial charge is 0.407 e. The first kappa shape index (κ1) is 17.2. The molecule has 7 heteroatoms. The van der Waals surface area contributed by atoms with Gasteiger partial charge in [-0.05, 0) is 32.9 Å². The Labute approximate surface area is 126 Å². The van der Waals surface area contributed by atoms with Crippen LogP contribution in [-0.2, 0) is 20.5 Å². The summed E-state index contributed by atoms with van der Waals surface area (Å²) in [4.78, 5) is 23.5. The first-order valence-corrected chi connectivity index (χ1v) is 7.66. The zero-order valence-corrected chi connectivity index (χ0v) is 13.2. The second-order valence-electron chi connectivity index (χ2n) is 5.29. The largest absolute Gasteiger partial charge is 0.444 e. The standard InChI is InChI=1S/C14H20N2O4S/c1-14(2,3)20-13(18)15-10-9-12(17)16-21(19)11-7-5-4-6-8-11/h4-8H,9-10H2,1-3H3,(H,15,18)(H,16,17). The van der Waals surface area contributed by atoms with Gasteiger partial charge in [-0.3, -0.25) is 9.52 Å². The molecule has 0 saturated heterocycles. The van der Waals surface area contributed by atoms with Crippen molar-refractivity contribution in [1.82, 2.24) is 10.0 Å². The Kier molecular flexibility index (Phi) is 6.36. The molecule has 0 aliphatic rings. The van der Waals surface area contributed by atoms with Crippen LogP contribution in [0.4, 0.5) is 4.79 Å². The number of rotatable bonds is 5. The van der Waals surface area contributed by atoms with E-state index in [1.165, 1.54) is 0 Å². The van der Waals surface area contributed by atoms with Crippen LogP contribution in [0.15, 0.2) is 35.2 Å². The van der Waals surface area contributed by atoms with Crippen LogP contribution in [0.1, 0.15) is 27.2 Å². The predicted molar refractivity (Wildman–Crippen MR) is 79.8 cm³/mol. The van der Waals surface area contributed by atoms with Crippen molar-refractivity contribution in [3.8, 4) is 0 Å². The third-order valence-electron chi connectivity index (χ3n) is 2.18. The number of ether oxygens (including phenoxy) is 1. The van der Waals surface area contributed by atoms with Gasteiger partial charge in [0, 0.05) is 13.0 Å². The molecule has 2 N–H and O–H groups in total. The fraction of sp³-hybridized carbons (Fsp3) is 0.429. The molecule has 1 rings (SSSR count). The van der Waals surface area contributed by atoms with Crippen LogP contribution >= 0.6 is 0 Å². The molecule has 0 aliphatic carbocycles. The molecule has 0 aliphatic heterocycles. The van der Waals surface area contributed by atoms with E-state index in [9.17, 15) is 13.8 Å². The normalized spacial score (nSPS) is 12.3. The summed E-state index contributed by atoms with van der Waals surface area (Å²) in [6.45, 7) is 5.37. The molecule has 1 atom stereocenters. The second-order valence-corrected chi connectivity index (χ2v) is 6.50. The van der Waals surface area contributed by atoms with Gasteiger partial charge in [-0.15, -0.1) is 0 Å². The minimum Gasteiger partial charge on any atom is -0.444 e. The summed E-state index contributed by atoms with van der Waals surface area (Å²) < 4.78 is 19.2. The van der Waals surface area contributed by atoms with Gasteiger partial charge in [0.2, 0.25) is 5.91 Å². The topological polar surface area (TPSA) is 84.5 Å². The van der Waals surface area contributed by atoms with E-state index in [2.05, 4.69) is 10.0 Å². The van der Waals surface area contributed by atoms with Crippen molar-refractivity contribution >= 4 is 23.0 Å². The Morgan fingerprint density at radius 2 is 1.81 bits per heavy atom. The molecular formula is C14H20N2O4S. The third kappa shape index (κ3) is 7.45. The van der Waals surface area contributed by atoms with Crippen molar-refractivity contribution in [1.29, 1.82) is 0 Å². The summed E-state index contributed by atoms with van der Waals surface area (Å²) in [7, 11) is -1.59. The van der Waals surface area contributed by atoms with Gasteiger partial charge < -0.3 is 10.1 Å². The van der Waals surface area contributed by atoms with E-state index in [1.807, 2.05) is 0 Å². The van der Waals surface area contributed by atoms with Crippen molar-refractivity contribution in [2.45, 2.75) is 37.7 Å². The zero-order valence-electron chi connectivity index (χ0n) is 12.3. The molecule has 0 radical (unpaired) electrons. The fourth-order valence-electron chi connectivity index (χ4n) is 1.35. The lowest BCUT2D eigenvalue weighted by Gasteiger charge is -2.19.